The van der Waals surface area contributed by atoms with Gasteiger partial charge in [0, 0.05) is 11.4 Å². The lowest BCUT2D eigenvalue weighted by molar-refractivity contribution is -0.00000449. The molecular weight excluding hydrogens is 262 g/mol. The van der Waals surface area contributed by atoms with E-state index in [0.717, 1.165) is 33.7 Å². The molecule has 2 heterocycles. The van der Waals surface area contributed by atoms with Gasteiger partial charge in [-0.1, -0.05) is 12.1 Å². The molecule has 3 aromatic rings. The third-order valence-corrected chi connectivity index (χ3v) is 2.76. The number of furan rings is 1. The second-order valence-corrected chi connectivity index (χ2v) is 4.69. The third kappa shape index (κ3) is 2.36. The van der Waals surface area contributed by atoms with E-state index in [1.165, 1.54) is 0 Å². The topological polar surface area (TPSA) is 51.0 Å². The molecule has 1 aromatic carbocycles. The number of nitrogens with zero attached hydrogens (tertiary/aromatic N) is 2. The molecular formula is C14H15ClN3O-. The van der Waals surface area contributed by atoms with Gasteiger partial charge in [0.2, 0.25) is 0 Å². The van der Waals surface area contributed by atoms with Gasteiger partial charge in [-0.25, -0.2) is 9.97 Å². The monoisotopic (exact) mass is 276 g/mol. The summed E-state index contributed by atoms with van der Waals surface area (Å²) in [6, 6.07) is 8.22. The molecule has 0 saturated carbocycles. The Hall–Kier alpha value is -1.81. The molecule has 3 rings (SSSR count). The van der Waals surface area contributed by atoms with E-state index in [1.807, 2.05) is 31.2 Å². The SMILES string of the molecule is Cc1nc(NC(C)C)c2oc3ccccc3c2n1.[Cl-]. The number of hydrogen-bond donors (Lipinski definition) is 1. The van der Waals surface area contributed by atoms with Crippen LogP contribution >= 0.6 is 0 Å². The van der Waals surface area contributed by atoms with Crippen LogP contribution in [0, 0.1) is 6.92 Å². The first-order valence-corrected chi connectivity index (χ1v) is 6.07. The number of halogens is 1. The van der Waals surface area contributed by atoms with Crippen molar-refractivity contribution in [1.29, 1.82) is 0 Å². The largest absolute Gasteiger partial charge is 1.00 e. The quantitative estimate of drug-likeness (QED) is 0.741. The number of fused-ring (bicyclic) bond motifs is 3. The van der Waals surface area contributed by atoms with E-state index >= 15 is 0 Å². The first-order chi connectivity index (χ1) is 8.65. The standard InChI is InChI=1S/C14H15N3O.ClH/c1-8(2)15-14-13-12(16-9(3)17-14)10-6-4-5-7-11(10)18-13;/h4-8H,1-3H3,(H,15,16,17);1H/p-1. The summed E-state index contributed by atoms with van der Waals surface area (Å²) < 4.78 is 5.85. The molecule has 19 heavy (non-hydrogen) atoms. The average molecular weight is 277 g/mol. The minimum Gasteiger partial charge on any atom is -1.00 e. The van der Waals surface area contributed by atoms with E-state index in [0.29, 0.717) is 6.04 Å². The minimum atomic E-state index is 0. The zero-order chi connectivity index (χ0) is 12.7. The Morgan fingerprint density at radius 2 is 1.89 bits per heavy atom. The number of rotatable bonds is 2. The van der Waals surface area contributed by atoms with E-state index in [4.69, 9.17) is 4.42 Å². The fraction of sp³-hybridized carbons (Fsp3) is 0.286. The van der Waals surface area contributed by atoms with Gasteiger partial charge in [0.05, 0.1) is 0 Å². The van der Waals surface area contributed by atoms with Gasteiger partial charge < -0.3 is 22.1 Å². The molecule has 5 heteroatoms. The summed E-state index contributed by atoms with van der Waals surface area (Å²) >= 11 is 0. The minimum absolute atomic E-state index is 0. The van der Waals surface area contributed by atoms with E-state index in [2.05, 4.69) is 29.1 Å². The molecule has 0 aliphatic heterocycles. The van der Waals surface area contributed by atoms with E-state index in [-0.39, 0.29) is 12.4 Å². The fourth-order valence-electron chi connectivity index (χ4n) is 2.07. The number of aryl methyl sites for hydroxylation is 1. The summed E-state index contributed by atoms with van der Waals surface area (Å²) in [5.41, 5.74) is 2.45. The predicted molar refractivity (Wildman–Crippen MR) is 72.8 cm³/mol. The summed E-state index contributed by atoms with van der Waals surface area (Å²) in [5.74, 6) is 1.51. The van der Waals surface area contributed by atoms with Crippen molar-refractivity contribution in [2.24, 2.45) is 0 Å². The molecule has 0 saturated heterocycles. The van der Waals surface area contributed by atoms with Crippen LogP contribution in [0.1, 0.15) is 19.7 Å². The molecule has 0 fully saturated rings. The number of hydrogen-bond acceptors (Lipinski definition) is 4. The second kappa shape index (κ2) is 5.05. The van der Waals surface area contributed by atoms with Crippen LogP contribution in [0.25, 0.3) is 22.1 Å². The van der Waals surface area contributed by atoms with Crippen LogP contribution in [0.4, 0.5) is 5.82 Å². The highest BCUT2D eigenvalue weighted by Gasteiger charge is 2.14. The van der Waals surface area contributed by atoms with Crippen LogP contribution in [-0.2, 0) is 0 Å². The molecule has 0 aliphatic rings. The summed E-state index contributed by atoms with van der Waals surface area (Å²) in [6.07, 6.45) is 0. The Balaban J connectivity index is 0.00000133. The zero-order valence-electron chi connectivity index (χ0n) is 11.1. The number of anilines is 1. The Morgan fingerprint density at radius 1 is 1.16 bits per heavy atom. The maximum absolute atomic E-state index is 5.85. The maximum atomic E-state index is 5.85. The summed E-state index contributed by atoms with van der Waals surface area (Å²) in [6.45, 7) is 6.05. The Morgan fingerprint density at radius 3 is 2.63 bits per heavy atom. The summed E-state index contributed by atoms with van der Waals surface area (Å²) in [4.78, 5) is 8.91. The highest BCUT2D eigenvalue weighted by Crippen LogP contribution is 2.31. The predicted octanol–water partition coefficient (Wildman–Crippen LogP) is 0.509. The zero-order valence-corrected chi connectivity index (χ0v) is 11.8. The highest BCUT2D eigenvalue weighted by molar-refractivity contribution is 6.05. The normalized spacial score (nSPS) is 10.9. The number of aromatic nitrogens is 2. The molecule has 0 amide bonds. The third-order valence-electron chi connectivity index (χ3n) is 2.76. The van der Waals surface area contributed by atoms with Gasteiger partial charge in [-0.3, -0.25) is 0 Å². The smallest absolute Gasteiger partial charge is 0.196 e. The van der Waals surface area contributed by atoms with Gasteiger partial charge >= 0.3 is 0 Å². The van der Waals surface area contributed by atoms with E-state index in [1.54, 1.807) is 0 Å². The number of para-hydroxylation sites is 1. The van der Waals surface area contributed by atoms with Crippen LogP contribution in [0.2, 0.25) is 0 Å². The van der Waals surface area contributed by atoms with Crippen molar-refractivity contribution in [3.05, 3.63) is 30.1 Å². The lowest BCUT2D eigenvalue weighted by Crippen LogP contribution is -3.00. The lowest BCUT2D eigenvalue weighted by atomic mass is 10.2. The van der Waals surface area contributed by atoms with Crippen molar-refractivity contribution in [1.82, 2.24) is 9.97 Å². The van der Waals surface area contributed by atoms with Crippen LogP contribution in [0.3, 0.4) is 0 Å². The van der Waals surface area contributed by atoms with Gasteiger partial charge in [-0.2, -0.15) is 0 Å². The second-order valence-electron chi connectivity index (χ2n) is 4.69. The molecule has 1 N–H and O–H groups in total. The van der Waals surface area contributed by atoms with E-state index < -0.39 is 0 Å². The molecule has 2 aromatic heterocycles. The Labute approximate surface area is 117 Å². The van der Waals surface area contributed by atoms with Gasteiger partial charge in [0.15, 0.2) is 11.4 Å². The van der Waals surface area contributed by atoms with Crippen molar-refractivity contribution >= 4 is 27.9 Å². The summed E-state index contributed by atoms with van der Waals surface area (Å²) in [5, 5.41) is 4.34. The lowest BCUT2D eigenvalue weighted by Gasteiger charge is -2.09. The number of benzene rings is 1. The first kappa shape index (κ1) is 13.6. The molecule has 0 radical (unpaired) electrons. The summed E-state index contributed by atoms with van der Waals surface area (Å²) in [7, 11) is 0. The van der Waals surface area contributed by atoms with Gasteiger partial charge in [0.1, 0.15) is 16.9 Å². The molecule has 0 aliphatic carbocycles. The van der Waals surface area contributed by atoms with Crippen molar-refractivity contribution in [3.8, 4) is 0 Å². The molecule has 0 unspecified atom stereocenters. The van der Waals surface area contributed by atoms with Crippen LogP contribution in [0.15, 0.2) is 28.7 Å². The van der Waals surface area contributed by atoms with Crippen LogP contribution in [0.5, 0.6) is 0 Å². The molecule has 0 bridgehead atoms. The fourth-order valence-corrected chi connectivity index (χ4v) is 2.07. The average Bonchev–Trinajstić information content (AvgIpc) is 2.67. The number of nitrogens with one attached hydrogen (secondary N) is 1. The molecule has 0 spiro atoms. The molecule has 100 valence electrons. The highest BCUT2D eigenvalue weighted by atomic mass is 35.5. The molecule has 4 nitrogen and oxygen atoms in total. The van der Waals surface area contributed by atoms with E-state index in [9.17, 15) is 0 Å². The van der Waals surface area contributed by atoms with Gasteiger partial charge in [0.25, 0.3) is 0 Å². The molecule has 0 atom stereocenters. The van der Waals surface area contributed by atoms with Crippen LogP contribution in [-0.4, -0.2) is 16.0 Å². The maximum Gasteiger partial charge on any atom is 0.196 e. The first-order valence-electron chi connectivity index (χ1n) is 6.07. The van der Waals surface area contributed by atoms with Gasteiger partial charge in [-0.05, 0) is 32.9 Å². The van der Waals surface area contributed by atoms with Crippen molar-refractivity contribution in [3.63, 3.8) is 0 Å². The van der Waals surface area contributed by atoms with Crippen LogP contribution < -0.4 is 17.7 Å². The Bertz CT molecular complexity index is 721. The Kier molecular flexibility index (Phi) is 3.62. The van der Waals surface area contributed by atoms with Gasteiger partial charge in [-0.15, -0.1) is 0 Å². The van der Waals surface area contributed by atoms with Crippen molar-refractivity contribution in [2.45, 2.75) is 26.8 Å². The van der Waals surface area contributed by atoms with Crippen molar-refractivity contribution < 1.29 is 16.8 Å². The van der Waals surface area contributed by atoms with Crippen molar-refractivity contribution in [2.75, 3.05) is 5.32 Å².